The molecule has 7 heteroatoms. The summed E-state index contributed by atoms with van der Waals surface area (Å²) in [7, 11) is 0. The van der Waals surface area contributed by atoms with Gasteiger partial charge in [0, 0.05) is 12.2 Å². The lowest BCUT2D eigenvalue weighted by molar-refractivity contribution is 0.282. The van der Waals surface area contributed by atoms with Gasteiger partial charge in [0.1, 0.15) is 10.8 Å². The highest BCUT2D eigenvalue weighted by Gasteiger charge is 2.06. The molecule has 128 valence electrons. The standard InChI is InChI=1S/C18H16ClFN4O/c19-16-10-22-18(23-15-6-4-12(11-25)5-7-15)24-17(16)21-9-13-2-1-3-14(20)8-13/h1-8,10,25H,9,11H2,(H2,21,22,23,24). The maximum Gasteiger partial charge on any atom is 0.229 e. The van der Waals surface area contributed by atoms with Crippen LogP contribution in [0.5, 0.6) is 0 Å². The summed E-state index contributed by atoms with van der Waals surface area (Å²) in [6, 6.07) is 13.6. The molecule has 0 unspecified atom stereocenters. The van der Waals surface area contributed by atoms with Crippen LogP contribution in [-0.4, -0.2) is 15.1 Å². The first-order valence-corrected chi connectivity index (χ1v) is 7.99. The number of anilines is 3. The average molecular weight is 359 g/mol. The van der Waals surface area contributed by atoms with Gasteiger partial charge in [-0.3, -0.25) is 0 Å². The van der Waals surface area contributed by atoms with Crippen molar-refractivity contribution in [3.63, 3.8) is 0 Å². The van der Waals surface area contributed by atoms with E-state index in [2.05, 4.69) is 20.6 Å². The molecule has 1 aromatic heterocycles. The molecule has 0 amide bonds. The number of aliphatic hydroxyl groups is 1. The van der Waals surface area contributed by atoms with Crippen molar-refractivity contribution in [2.24, 2.45) is 0 Å². The second-order valence-electron chi connectivity index (χ2n) is 5.35. The van der Waals surface area contributed by atoms with Crippen LogP contribution in [0.4, 0.5) is 21.8 Å². The quantitative estimate of drug-likeness (QED) is 0.618. The number of rotatable bonds is 6. The third-order valence-corrected chi connectivity index (χ3v) is 3.76. The Morgan fingerprint density at radius 3 is 2.60 bits per heavy atom. The number of hydrogen-bond acceptors (Lipinski definition) is 5. The highest BCUT2D eigenvalue weighted by atomic mass is 35.5. The number of nitrogens with zero attached hydrogens (tertiary/aromatic N) is 2. The Kier molecular flexibility index (Phi) is 5.42. The summed E-state index contributed by atoms with van der Waals surface area (Å²) in [6.07, 6.45) is 1.49. The van der Waals surface area contributed by atoms with Crippen LogP contribution < -0.4 is 10.6 Å². The lowest BCUT2D eigenvalue weighted by Gasteiger charge is -2.10. The minimum absolute atomic E-state index is 0.00806. The Bertz CT molecular complexity index is 858. The predicted molar refractivity (Wildman–Crippen MR) is 96.4 cm³/mol. The number of aromatic nitrogens is 2. The van der Waals surface area contributed by atoms with Gasteiger partial charge in [-0.2, -0.15) is 4.98 Å². The molecular formula is C18H16ClFN4O. The monoisotopic (exact) mass is 358 g/mol. The largest absolute Gasteiger partial charge is 0.392 e. The molecule has 0 aliphatic heterocycles. The summed E-state index contributed by atoms with van der Waals surface area (Å²) in [5, 5.41) is 15.6. The number of nitrogens with one attached hydrogen (secondary N) is 2. The minimum atomic E-state index is -0.290. The summed E-state index contributed by atoms with van der Waals surface area (Å²) in [4.78, 5) is 8.48. The molecule has 3 rings (SSSR count). The summed E-state index contributed by atoms with van der Waals surface area (Å²) in [5.41, 5.74) is 2.39. The molecule has 3 N–H and O–H groups in total. The fraction of sp³-hybridized carbons (Fsp3) is 0.111. The third-order valence-electron chi connectivity index (χ3n) is 3.49. The first-order chi connectivity index (χ1) is 12.1. The second-order valence-corrected chi connectivity index (χ2v) is 5.76. The van der Waals surface area contributed by atoms with E-state index in [-0.39, 0.29) is 12.4 Å². The normalized spacial score (nSPS) is 10.5. The van der Waals surface area contributed by atoms with Crippen LogP contribution in [0.3, 0.4) is 0 Å². The molecule has 1 heterocycles. The van der Waals surface area contributed by atoms with Gasteiger partial charge >= 0.3 is 0 Å². The van der Waals surface area contributed by atoms with Crippen molar-refractivity contribution in [1.29, 1.82) is 0 Å². The molecule has 3 aromatic rings. The van der Waals surface area contributed by atoms with Gasteiger partial charge < -0.3 is 15.7 Å². The molecule has 0 radical (unpaired) electrons. The Balaban J connectivity index is 1.71. The van der Waals surface area contributed by atoms with Gasteiger partial charge in [0.05, 0.1) is 12.8 Å². The van der Waals surface area contributed by atoms with Gasteiger partial charge in [-0.05, 0) is 35.4 Å². The molecule has 0 aliphatic carbocycles. The van der Waals surface area contributed by atoms with Crippen LogP contribution in [0.2, 0.25) is 5.02 Å². The molecule has 5 nitrogen and oxygen atoms in total. The molecule has 0 atom stereocenters. The van der Waals surface area contributed by atoms with E-state index in [1.54, 1.807) is 18.2 Å². The van der Waals surface area contributed by atoms with E-state index < -0.39 is 0 Å². The minimum Gasteiger partial charge on any atom is -0.392 e. The van der Waals surface area contributed by atoms with Gasteiger partial charge in [-0.1, -0.05) is 35.9 Å². The van der Waals surface area contributed by atoms with Gasteiger partial charge in [-0.25, -0.2) is 9.37 Å². The van der Waals surface area contributed by atoms with Crippen LogP contribution in [-0.2, 0) is 13.2 Å². The Morgan fingerprint density at radius 1 is 1.08 bits per heavy atom. The zero-order chi connectivity index (χ0) is 17.6. The lowest BCUT2D eigenvalue weighted by atomic mass is 10.2. The van der Waals surface area contributed by atoms with Crippen LogP contribution in [0.1, 0.15) is 11.1 Å². The molecular weight excluding hydrogens is 343 g/mol. The van der Waals surface area contributed by atoms with Crippen molar-refractivity contribution >= 4 is 29.1 Å². The lowest BCUT2D eigenvalue weighted by Crippen LogP contribution is -2.05. The molecule has 0 spiro atoms. The maximum atomic E-state index is 13.2. The van der Waals surface area contributed by atoms with Crippen molar-refractivity contribution in [1.82, 2.24) is 9.97 Å². The van der Waals surface area contributed by atoms with Gasteiger partial charge in [-0.15, -0.1) is 0 Å². The average Bonchev–Trinajstić information content (AvgIpc) is 2.63. The SMILES string of the molecule is OCc1ccc(Nc2ncc(Cl)c(NCc3cccc(F)c3)n2)cc1. The van der Waals surface area contributed by atoms with E-state index >= 15 is 0 Å². The van der Waals surface area contributed by atoms with Gasteiger partial charge in [0.2, 0.25) is 5.95 Å². The van der Waals surface area contributed by atoms with E-state index in [4.69, 9.17) is 16.7 Å². The van der Waals surface area contributed by atoms with E-state index in [1.165, 1.54) is 18.3 Å². The van der Waals surface area contributed by atoms with Crippen molar-refractivity contribution in [2.45, 2.75) is 13.2 Å². The summed E-state index contributed by atoms with van der Waals surface area (Å²) < 4.78 is 13.2. The topological polar surface area (TPSA) is 70.1 Å². The van der Waals surface area contributed by atoms with Crippen LogP contribution in [0.25, 0.3) is 0 Å². The van der Waals surface area contributed by atoms with Crippen molar-refractivity contribution in [3.8, 4) is 0 Å². The summed E-state index contributed by atoms with van der Waals surface area (Å²) in [5.74, 6) is 0.542. The van der Waals surface area contributed by atoms with Crippen molar-refractivity contribution in [2.75, 3.05) is 10.6 Å². The van der Waals surface area contributed by atoms with E-state index in [1.807, 2.05) is 18.2 Å². The van der Waals surface area contributed by atoms with Crippen LogP contribution in [0, 0.1) is 5.82 Å². The predicted octanol–water partition coefficient (Wildman–Crippen LogP) is 4.12. The first-order valence-electron chi connectivity index (χ1n) is 7.62. The first kappa shape index (κ1) is 17.1. The molecule has 0 bridgehead atoms. The number of halogens is 2. The molecule has 0 aliphatic rings. The van der Waals surface area contributed by atoms with Gasteiger partial charge in [0.25, 0.3) is 0 Å². The molecule has 2 aromatic carbocycles. The van der Waals surface area contributed by atoms with Crippen LogP contribution >= 0.6 is 11.6 Å². The van der Waals surface area contributed by atoms with E-state index in [0.717, 1.165) is 16.8 Å². The zero-order valence-corrected chi connectivity index (χ0v) is 14.0. The highest BCUT2D eigenvalue weighted by Crippen LogP contribution is 2.22. The number of hydrogen-bond donors (Lipinski definition) is 3. The fourth-order valence-electron chi connectivity index (χ4n) is 2.21. The number of aliphatic hydroxyl groups excluding tert-OH is 1. The van der Waals surface area contributed by atoms with Crippen molar-refractivity contribution in [3.05, 3.63) is 76.7 Å². The molecule has 25 heavy (non-hydrogen) atoms. The number of benzene rings is 2. The van der Waals surface area contributed by atoms with E-state index in [0.29, 0.717) is 23.3 Å². The molecule has 0 saturated heterocycles. The second kappa shape index (κ2) is 7.92. The summed E-state index contributed by atoms with van der Waals surface area (Å²) >= 11 is 6.12. The summed E-state index contributed by atoms with van der Waals surface area (Å²) in [6.45, 7) is 0.380. The Hall–Kier alpha value is -2.70. The maximum absolute atomic E-state index is 13.2. The fourth-order valence-corrected chi connectivity index (χ4v) is 2.36. The highest BCUT2D eigenvalue weighted by molar-refractivity contribution is 6.32. The van der Waals surface area contributed by atoms with Crippen LogP contribution in [0.15, 0.2) is 54.7 Å². The molecule has 0 fully saturated rings. The smallest absolute Gasteiger partial charge is 0.229 e. The van der Waals surface area contributed by atoms with Crippen molar-refractivity contribution < 1.29 is 9.50 Å². The zero-order valence-electron chi connectivity index (χ0n) is 13.2. The Labute approximate surface area is 149 Å². The molecule has 0 saturated carbocycles. The Morgan fingerprint density at radius 2 is 1.88 bits per heavy atom. The van der Waals surface area contributed by atoms with E-state index in [9.17, 15) is 4.39 Å². The third kappa shape index (κ3) is 4.65. The van der Waals surface area contributed by atoms with Gasteiger partial charge in [0.15, 0.2) is 5.82 Å².